The van der Waals surface area contributed by atoms with Crippen molar-refractivity contribution >= 4 is 11.8 Å². The summed E-state index contributed by atoms with van der Waals surface area (Å²) < 4.78 is 0. The van der Waals surface area contributed by atoms with Crippen LogP contribution < -0.4 is 10.6 Å². The molecule has 0 unspecified atom stereocenters. The zero-order valence-electron chi connectivity index (χ0n) is 8.29. The lowest BCUT2D eigenvalue weighted by atomic mass is 10.3. The van der Waals surface area contributed by atoms with Crippen molar-refractivity contribution in [2.75, 3.05) is 5.32 Å². The first-order chi connectivity index (χ1) is 6.59. The molecule has 0 aliphatic rings. The van der Waals surface area contributed by atoms with Crippen LogP contribution in [-0.4, -0.2) is 11.0 Å². The second kappa shape index (κ2) is 4.41. The standard InChI is InChI=1S/C10H13N3O/c1-7(2)12-10(14)13-9-8(3)5-4-6-11-9/h4-6H,1H2,2-3H3,(H2,11,12,13,14). The van der Waals surface area contributed by atoms with Gasteiger partial charge in [0.25, 0.3) is 0 Å². The highest BCUT2D eigenvalue weighted by atomic mass is 16.2. The Morgan fingerprint density at radius 3 is 2.86 bits per heavy atom. The number of pyridine rings is 1. The van der Waals surface area contributed by atoms with E-state index in [-0.39, 0.29) is 6.03 Å². The summed E-state index contributed by atoms with van der Waals surface area (Å²) in [6.07, 6.45) is 1.63. The molecule has 4 nitrogen and oxygen atoms in total. The number of aryl methyl sites for hydroxylation is 1. The van der Waals surface area contributed by atoms with Gasteiger partial charge in [0.05, 0.1) is 0 Å². The molecule has 14 heavy (non-hydrogen) atoms. The van der Waals surface area contributed by atoms with Crippen LogP contribution in [0, 0.1) is 6.92 Å². The van der Waals surface area contributed by atoms with Gasteiger partial charge in [0.1, 0.15) is 5.82 Å². The van der Waals surface area contributed by atoms with Crippen molar-refractivity contribution in [2.24, 2.45) is 0 Å². The molecule has 0 aliphatic heterocycles. The third kappa shape index (κ3) is 2.90. The maximum atomic E-state index is 11.3. The van der Waals surface area contributed by atoms with Crippen molar-refractivity contribution in [2.45, 2.75) is 13.8 Å². The second-order valence-corrected chi connectivity index (χ2v) is 3.03. The number of hydrogen-bond donors (Lipinski definition) is 2. The van der Waals surface area contributed by atoms with Gasteiger partial charge < -0.3 is 5.32 Å². The number of urea groups is 1. The Hall–Kier alpha value is -1.84. The monoisotopic (exact) mass is 191 g/mol. The average Bonchev–Trinajstić information content (AvgIpc) is 2.07. The summed E-state index contributed by atoms with van der Waals surface area (Å²) in [5.74, 6) is 0.561. The molecule has 0 fully saturated rings. The Balaban J connectivity index is 2.65. The second-order valence-electron chi connectivity index (χ2n) is 3.03. The van der Waals surface area contributed by atoms with Gasteiger partial charge in [0.2, 0.25) is 0 Å². The number of allylic oxidation sites excluding steroid dienone is 1. The van der Waals surface area contributed by atoms with E-state index >= 15 is 0 Å². The van der Waals surface area contributed by atoms with Crippen LogP contribution in [0.1, 0.15) is 12.5 Å². The minimum atomic E-state index is -0.320. The van der Waals surface area contributed by atoms with Crippen molar-refractivity contribution in [3.63, 3.8) is 0 Å². The number of carbonyl (C=O) groups is 1. The minimum Gasteiger partial charge on any atom is -0.312 e. The number of anilines is 1. The summed E-state index contributed by atoms with van der Waals surface area (Å²) in [5, 5.41) is 5.15. The van der Waals surface area contributed by atoms with Crippen LogP contribution in [0.5, 0.6) is 0 Å². The van der Waals surface area contributed by atoms with Crippen molar-refractivity contribution < 1.29 is 4.79 Å². The summed E-state index contributed by atoms with van der Waals surface area (Å²) in [6, 6.07) is 3.37. The summed E-state index contributed by atoms with van der Waals surface area (Å²) in [6.45, 7) is 7.16. The van der Waals surface area contributed by atoms with Crippen LogP contribution in [0.25, 0.3) is 0 Å². The number of rotatable bonds is 2. The Morgan fingerprint density at radius 1 is 1.57 bits per heavy atom. The van der Waals surface area contributed by atoms with E-state index in [4.69, 9.17) is 0 Å². The van der Waals surface area contributed by atoms with Crippen LogP contribution in [0.4, 0.5) is 10.6 Å². The lowest BCUT2D eigenvalue weighted by molar-refractivity contribution is 0.254. The maximum Gasteiger partial charge on any atom is 0.324 e. The fourth-order valence-electron chi connectivity index (χ4n) is 0.949. The molecule has 1 aromatic rings. The van der Waals surface area contributed by atoms with E-state index in [2.05, 4.69) is 22.2 Å². The van der Waals surface area contributed by atoms with Gasteiger partial charge in [0.15, 0.2) is 0 Å². The molecule has 0 atom stereocenters. The highest BCUT2D eigenvalue weighted by Crippen LogP contribution is 2.08. The third-order valence-corrected chi connectivity index (χ3v) is 1.57. The SMILES string of the molecule is C=C(C)NC(=O)Nc1ncccc1C. The molecule has 0 bridgehead atoms. The van der Waals surface area contributed by atoms with Crippen LogP contribution in [-0.2, 0) is 0 Å². The predicted molar refractivity (Wildman–Crippen MR) is 55.9 cm³/mol. The van der Waals surface area contributed by atoms with Gasteiger partial charge in [-0.1, -0.05) is 12.6 Å². The highest BCUT2D eigenvalue weighted by molar-refractivity contribution is 5.89. The quantitative estimate of drug-likeness (QED) is 0.751. The largest absolute Gasteiger partial charge is 0.324 e. The van der Waals surface area contributed by atoms with E-state index in [1.165, 1.54) is 0 Å². The number of aromatic nitrogens is 1. The molecular formula is C10H13N3O. The lowest BCUT2D eigenvalue weighted by Crippen LogP contribution is -2.27. The van der Waals surface area contributed by atoms with Crippen LogP contribution >= 0.6 is 0 Å². The molecule has 0 radical (unpaired) electrons. The summed E-state index contributed by atoms with van der Waals surface area (Å²) in [4.78, 5) is 15.3. The average molecular weight is 191 g/mol. The zero-order chi connectivity index (χ0) is 10.6. The first kappa shape index (κ1) is 10.2. The van der Waals surface area contributed by atoms with Gasteiger partial charge >= 0.3 is 6.03 Å². The Labute approximate surface area is 83.0 Å². The van der Waals surface area contributed by atoms with Gasteiger partial charge in [0, 0.05) is 11.9 Å². The van der Waals surface area contributed by atoms with E-state index in [1.807, 2.05) is 19.1 Å². The normalized spacial score (nSPS) is 9.29. The first-order valence-corrected chi connectivity index (χ1v) is 4.24. The molecule has 1 rings (SSSR count). The van der Waals surface area contributed by atoms with Crippen LogP contribution in [0.15, 0.2) is 30.6 Å². The van der Waals surface area contributed by atoms with Gasteiger partial charge in [-0.15, -0.1) is 0 Å². The minimum absolute atomic E-state index is 0.320. The Morgan fingerprint density at radius 2 is 2.29 bits per heavy atom. The van der Waals surface area contributed by atoms with Gasteiger partial charge in [-0.3, -0.25) is 5.32 Å². The molecule has 2 amide bonds. The fourth-order valence-corrected chi connectivity index (χ4v) is 0.949. The van der Waals surface area contributed by atoms with Crippen molar-refractivity contribution in [1.82, 2.24) is 10.3 Å². The lowest BCUT2D eigenvalue weighted by Gasteiger charge is -2.07. The Kier molecular flexibility index (Phi) is 3.23. The van der Waals surface area contributed by atoms with Gasteiger partial charge in [-0.2, -0.15) is 0 Å². The molecule has 1 heterocycles. The maximum absolute atomic E-state index is 11.3. The Bertz CT molecular complexity index is 360. The number of hydrogen-bond acceptors (Lipinski definition) is 2. The molecule has 4 heteroatoms. The summed E-state index contributed by atoms with van der Waals surface area (Å²) >= 11 is 0. The van der Waals surface area contributed by atoms with E-state index < -0.39 is 0 Å². The fraction of sp³-hybridized carbons (Fsp3) is 0.200. The summed E-state index contributed by atoms with van der Waals surface area (Å²) in [7, 11) is 0. The number of nitrogens with one attached hydrogen (secondary N) is 2. The zero-order valence-corrected chi connectivity index (χ0v) is 8.29. The van der Waals surface area contributed by atoms with Crippen molar-refractivity contribution in [3.05, 3.63) is 36.2 Å². The molecule has 74 valence electrons. The number of carbonyl (C=O) groups excluding carboxylic acids is 1. The van der Waals surface area contributed by atoms with Crippen LogP contribution in [0.3, 0.4) is 0 Å². The van der Waals surface area contributed by atoms with E-state index in [1.54, 1.807) is 13.1 Å². The molecule has 1 aromatic heterocycles. The summed E-state index contributed by atoms with van der Waals surface area (Å²) in [5.41, 5.74) is 1.51. The molecule has 0 aliphatic carbocycles. The van der Waals surface area contributed by atoms with Gasteiger partial charge in [-0.25, -0.2) is 9.78 Å². The van der Waals surface area contributed by atoms with E-state index in [9.17, 15) is 4.79 Å². The van der Waals surface area contributed by atoms with E-state index in [0.717, 1.165) is 5.56 Å². The topological polar surface area (TPSA) is 54.0 Å². The van der Waals surface area contributed by atoms with Gasteiger partial charge in [-0.05, 0) is 25.5 Å². The highest BCUT2D eigenvalue weighted by Gasteiger charge is 2.03. The molecular weight excluding hydrogens is 178 g/mol. The van der Waals surface area contributed by atoms with Crippen LogP contribution in [0.2, 0.25) is 0 Å². The van der Waals surface area contributed by atoms with Crippen molar-refractivity contribution in [3.8, 4) is 0 Å². The predicted octanol–water partition coefficient (Wildman–Crippen LogP) is 2.05. The molecule has 2 N–H and O–H groups in total. The van der Waals surface area contributed by atoms with Crippen molar-refractivity contribution in [1.29, 1.82) is 0 Å². The molecule has 0 aromatic carbocycles. The molecule has 0 spiro atoms. The molecule has 0 saturated carbocycles. The first-order valence-electron chi connectivity index (χ1n) is 4.24. The van der Waals surface area contributed by atoms with E-state index in [0.29, 0.717) is 11.5 Å². The molecule has 0 saturated heterocycles. The smallest absolute Gasteiger partial charge is 0.312 e. The third-order valence-electron chi connectivity index (χ3n) is 1.57. The number of nitrogens with zero attached hydrogens (tertiary/aromatic N) is 1. The number of amides is 2.